The zero-order valence-corrected chi connectivity index (χ0v) is 12.4. The van der Waals surface area contributed by atoms with E-state index < -0.39 is 5.54 Å². The quantitative estimate of drug-likeness (QED) is 0.748. The van der Waals surface area contributed by atoms with E-state index in [0.717, 1.165) is 19.6 Å². The summed E-state index contributed by atoms with van der Waals surface area (Å²) >= 11 is 0. The predicted molar refractivity (Wildman–Crippen MR) is 76.1 cm³/mol. The summed E-state index contributed by atoms with van der Waals surface area (Å²) in [5.74, 6) is -0.0915. The van der Waals surface area contributed by atoms with E-state index >= 15 is 0 Å². The van der Waals surface area contributed by atoms with Crippen molar-refractivity contribution in [1.29, 1.82) is 0 Å². The molecule has 1 atom stereocenters. The molecule has 0 aromatic rings. The van der Waals surface area contributed by atoms with Gasteiger partial charge in [-0.05, 0) is 52.6 Å². The number of hydrogen-bond acceptors (Lipinski definition) is 4. The molecule has 0 aromatic heterocycles. The van der Waals surface area contributed by atoms with Crippen molar-refractivity contribution in [3.8, 4) is 0 Å². The second-order valence-electron chi connectivity index (χ2n) is 6.16. The van der Waals surface area contributed by atoms with Crippen LogP contribution in [0.2, 0.25) is 0 Å². The second-order valence-corrected chi connectivity index (χ2v) is 6.16. The van der Waals surface area contributed by atoms with Gasteiger partial charge in [-0.2, -0.15) is 0 Å². The number of carbonyl (C=O) groups is 1. The zero-order valence-electron chi connectivity index (χ0n) is 12.4. The zero-order chi connectivity index (χ0) is 13.7. The van der Waals surface area contributed by atoms with Gasteiger partial charge >= 0.3 is 5.97 Å². The number of hydrogen-bond donors (Lipinski definition) is 1. The van der Waals surface area contributed by atoms with E-state index in [4.69, 9.17) is 4.74 Å². The molecule has 1 aliphatic heterocycles. The summed E-state index contributed by atoms with van der Waals surface area (Å²) in [6.45, 7) is 7.35. The van der Waals surface area contributed by atoms with Gasteiger partial charge in [0.15, 0.2) is 0 Å². The summed E-state index contributed by atoms with van der Waals surface area (Å²) in [5.41, 5.74) is -0.540. The Kier molecular flexibility index (Phi) is 5.22. The van der Waals surface area contributed by atoms with Crippen LogP contribution in [0.5, 0.6) is 0 Å². The maximum absolute atomic E-state index is 12.3. The first-order valence-corrected chi connectivity index (χ1v) is 7.81. The maximum Gasteiger partial charge on any atom is 0.327 e. The minimum atomic E-state index is -0.540. The van der Waals surface area contributed by atoms with E-state index in [9.17, 15) is 4.79 Å². The Morgan fingerprint density at radius 1 is 1.26 bits per heavy atom. The van der Waals surface area contributed by atoms with E-state index in [2.05, 4.69) is 10.2 Å². The van der Waals surface area contributed by atoms with Crippen molar-refractivity contribution in [2.75, 3.05) is 26.2 Å². The molecule has 2 aliphatic rings. The van der Waals surface area contributed by atoms with Crippen molar-refractivity contribution >= 4 is 5.97 Å². The first-order chi connectivity index (χ1) is 9.14. The van der Waals surface area contributed by atoms with Crippen molar-refractivity contribution in [1.82, 2.24) is 10.2 Å². The van der Waals surface area contributed by atoms with Crippen LogP contribution in [0.25, 0.3) is 0 Å². The molecular weight excluding hydrogens is 240 g/mol. The molecule has 1 saturated carbocycles. The van der Waals surface area contributed by atoms with Gasteiger partial charge in [-0.15, -0.1) is 0 Å². The maximum atomic E-state index is 12.3. The minimum Gasteiger partial charge on any atom is -0.465 e. The van der Waals surface area contributed by atoms with Crippen LogP contribution in [0.4, 0.5) is 0 Å². The molecule has 0 radical (unpaired) electrons. The van der Waals surface area contributed by atoms with Crippen LogP contribution in [0.15, 0.2) is 0 Å². The first-order valence-electron chi connectivity index (χ1n) is 7.81. The van der Waals surface area contributed by atoms with Gasteiger partial charge in [0.25, 0.3) is 0 Å². The van der Waals surface area contributed by atoms with Crippen molar-refractivity contribution < 1.29 is 9.53 Å². The molecule has 4 nitrogen and oxygen atoms in total. The Morgan fingerprint density at radius 2 is 1.89 bits per heavy atom. The Bertz CT molecular complexity index is 297. The minimum absolute atomic E-state index is 0.0915. The van der Waals surface area contributed by atoms with E-state index in [1.54, 1.807) is 0 Å². The SMILES string of the molecule is CCOC(=O)C(C)(CN1CCCCCC1)NC1CC1. The van der Waals surface area contributed by atoms with Gasteiger partial charge in [-0.3, -0.25) is 10.1 Å². The topological polar surface area (TPSA) is 41.6 Å². The molecule has 2 fully saturated rings. The number of ether oxygens (including phenoxy) is 1. The normalized spacial score (nSPS) is 24.5. The Hall–Kier alpha value is -0.610. The Balaban J connectivity index is 1.96. The summed E-state index contributed by atoms with van der Waals surface area (Å²) in [4.78, 5) is 14.7. The molecule has 1 heterocycles. The van der Waals surface area contributed by atoms with Crippen molar-refractivity contribution in [2.45, 2.75) is 64.0 Å². The summed E-state index contributed by atoms with van der Waals surface area (Å²) in [5, 5.41) is 3.50. The van der Waals surface area contributed by atoms with Gasteiger partial charge in [0.2, 0.25) is 0 Å². The smallest absolute Gasteiger partial charge is 0.327 e. The summed E-state index contributed by atoms with van der Waals surface area (Å²) in [7, 11) is 0. The van der Waals surface area contributed by atoms with Crippen molar-refractivity contribution in [3.63, 3.8) is 0 Å². The summed E-state index contributed by atoms with van der Waals surface area (Å²) < 4.78 is 5.28. The van der Waals surface area contributed by atoms with E-state index in [0.29, 0.717) is 12.6 Å². The number of esters is 1. The first kappa shape index (κ1) is 14.8. The van der Waals surface area contributed by atoms with E-state index in [-0.39, 0.29) is 5.97 Å². The third-order valence-electron chi connectivity index (χ3n) is 4.06. The van der Waals surface area contributed by atoms with E-state index in [1.807, 2.05) is 13.8 Å². The van der Waals surface area contributed by atoms with Crippen LogP contribution in [-0.4, -0.2) is 48.7 Å². The molecule has 0 amide bonds. The molecule has 1 unspecified atom stereocenters. The lowest BCUT2D eigenvalue weighted by Gasteiger charge is -2.34. The molecule has 2 rings (SSSR count). The number of rotatable bonds is 6. The Morgan fingerprint density at radius 3 is 2.42 bits per heavy atom. The van der Waals surface area contributed by atoms with Crippen molar-refractivity contribution in [3.05, 3.63) is 0 Å². The molecule has 0 bridgehead atoms. The number of nitrogens with zero attached hydrogens (tertiary/aromatic N) is 1. The van der Waals surface area contributed by atoms with Gasteiger partial charge in [-0.1, -0.05) is 12.8 Å². The average Bonchev–Trinajstić information content (AvgIpc) is 3.17. The van der Waals surface area contributed by atoms with Gasteiger partial charge in [0.05, 0.1) is 6.61 Å². The van der Waals surface area contributed by atoms with Gasteiger partial charge < -0.3 is 9.64 Å². The molecule has 19 heavy (non-hydrogen) atoms. The van der Waals surface area contributed by atoms with Crippen LogP contribution >= 0.6 is 0 Å². The fourth-order valence-corrected chi connectivity index (χ4v) is 2.88. The molecule has 1 N–H and O–H groups in total. The van der Waals surface area contributed by atoms with Crippen LogP contribution in [-0.2, 0) is 9.53 Å². The summed E-state index contributed by atoms with van der Waals surface area (Å²) in [6.07, 6.45) is 7.53. The molecular formula is C15H28N2O2. The summed E-state index contributed by atoms with van der Waals surface area (Å²) in [6, 6.07) is 0.515. The number of likely N-dealkylation sites (tertiary alicyclic amines) is 1. The largest absolute Gasteiger partial charge is 0.465 e. The molecule has 110 valence electrons. The predicted octanol–water partition coefficient (Wildman–Crippen LogP) is 1.94. The van der Waals surface area contributed by atoms with Crippen molar-refractivity contribution in [2.24, 2.45) is 0 Å². The lowest BCUT2D eigenvalue weighted by atomic mass is 10.0. The molecule has 4 heteroatoms. The lowest BCUT2D eigenvalue weighted by Crippen LogP contribution is -2.58. The molecule has 1 aliphatic carbocycles. The standard InChI is InChI=1S/C15H28N2O2/c1-3-19-14(18)15(2,16-13-8-9-13)12-17-10-6-4-5-7-11-17/h13,16H,3-12H2,1-2H3. The molecule has 0 spiro atoms. The second kappa shape index (κ2) is 6.71. The van der Waals surface area contributed by atoms with Crippen LogP contribution in [0.1, 0.15) is 52.4 Å². The average molecular weight is 268 g/mol. The highest BCUT2D eigenvalue weighted by Crippen LogP contribution is 2.24. The monoisotopic (exact) mass is 268 g/mol. The van der Waals surface area contributed by atoms with Gasteiger partial charge in [0.1, 0.15) is 5.54 Å². The highest BCUT2D eigenvalue weighted by Gasteiger charge is 2.40. The van der Waals surface area contributed by atoms with Gasteiger partial charge in [-0.25, -0.2) is 0 Å². The molecule has 1 saturated heterocycles. The van der Waals surface area contributed by atoms with E-state index in [1.165, 1.54) is 38.5 Å². The molecule has 0 aromatic carbocycles. The number of nitrogens with one attached hydrogen (secondary N) is 1. The van der Waals surface area contributed by atoms with Crippen LogP contribution < -0.4 is 5.32 Å². The fraction of sp³-hybridized carbons (Fsp3) is 0.933. The Labute approximate surface area is 116 Å². The highest BCUT2D eigenvalue weighted by molar-refractivity contribution is 5.80. The third-order valence-corrected chi connectivity index (χ3v) is 4.06. The lowest BCUT2D eigenvalue weighted by molar-refractivity contribution is -0.151. The van der Waals surface area contributed by atoms with Gasteiger partial charge in [0, 0.05) is 12.6 Å². The third kappa shape index (κ3) is 4.46. The fourth-order valence-electron chi connectivity index (χ4n) is 2.88. The number of carbonyl (C=O) groups excluding carboxylic acids is 1. The van der Waals surface area contributed by atoms with Crippen LogP contribution in [0.3, 0.4) is 0 Å². The highest BCUT2D eigenvalue weighted by atomic mass is 16.5. The van der Waals surface area contributed by atoms with Crippen LogP contribution in [0, 0.1) is 0 Å².